The van der Waals surface area contributed by atoms with Crippen molar-refractivity contribution in [3.63, 3.8) is 0 Å². The third kappa shape index (κ3) is 8.45. The van der Waals surface area contributed by atoms with E-state index >= 15 is 0 Å². The molecule has 0 radical (unpaired) electrons. The summed E-state index contributed by atoms with van der Waals surface area (Å²) < 4.78 is 5.08. The van der Waals surface area contributed by atoms with Crippen molar-refractivity contribution < 1.29 is 19.1 Å². The van der Waals surface area contributed by atoms with E-state index in [1.165, 1.54) is 5.56 Å². The third-order valence-corrected chi connectivity index (χ3v) is 5.97. The number of thioether (sulfide) groups is 1. The lowest BCUT2D eigenvalue weighted by atomic mass is 9.99. The molecule has 0 bridgehead atoms. The van der Waals surface area contributed by atoms with Crippen molar-refractivity contribution in [3.8, 4) is 0 Å². The number of esters is 1. The highest BCUT2D eigenvalue weighted by Gasteiger charge is 2.18. The van der Waals surface area contributed by atoms with Crippen LogP contribution in [0.3, 0.4) is 0 Å². The third-order valence-electron chi connectivity index (χ3n) is 4.85. The Labute approximate surface area is 188 Å². The number of aryl methyl sites for hydroxylation is 1. The zero-order valence-electron chi connectivity index (χ0n) is 18.4. The monoisotopic (exact) mass is 442 g/mol. The molecule has 0 saturated heterocycles. The fourth-order valence-corrected chi connectivity index (χ4v) is 3.36. The van der Waals surface area contributed by atoms with Gasteiger partial charge >= 0.3 is 5.97 Å². The minimum absolute atomic E-state index is 0.110. The molecular weight excluding hydrogens is 412 g/mol. The predicted octanol–water partition coefficient (Wildman–Crippen LogP) is 4.75. The number of carbonyl (C=O) groups excluding carboxylic acids is 3. The second-order valence-corrected chi connectivity index (χ2v) is 8.78. The number of rotatable bonds is 10. The highest BCUT2D eigenvalue weighted by molar-refractivity contribution is 8.01. The lowest BCUT2D eigenvalue weighted by Gasteiger charge is -2.12. The summed E-state index contributed by atoms with van der Waals surface area (Å²) in [5, 5.41) is 4.93. The SMILES string of the molecule is CCC(C)c1ccc(NC(=O)COC(=O)C(C)SCC(=O)Nc2ccc(C)cc2)cc1. The first-order valence-corrected chi connectivity index (χ1v) is 11.4. The van der Waals surface area contributed by atoms with Crippen LogP contribution in [0.1, 0.15) is 44.2 Å². The molecule has 0 aromatic heterocycles. The summed E-state index contributed by atoms with van der Waals surface area (Å²) in [5.41, 5.74) is 3.68. The van der Waals surface area contributed by atoms with Crippen molar-refractivity contribution in [2.24, 2.45) is 0 Å². The highest BCUT2D eigenvalue weighted by Crippen LogP contribution is 2.20. The van der Waals surface area contributed by atoms with Crippen LogP contribution in [0.5, 0.6) is 0 Å². The second-order valence-electron chi connectivity index (χ2n) is 7.45. The van der Waals surface area contributed by atoms with Gasteiger partial charge in [-0.25, -0.2) is 0 Å². The number of anilines is 2. The lowest BCUT2D eigenvalue weighted by Crippen LogP contribution is -2.26. The summed E-state index contributed by atoms with van der Waals surface area (Å²) in [7, 11) is 0. The van der Waals surface area contributed by atoms with Crippen LogP contribution in [0.2, 0.25) is 0 Å². The quantitative estimate of drug-likeness (QED) is 0.519. The molecule has 0 spiro atoms. The molecule has 2 amide bonds. The van der Waals surface area contributed by atoms with E-state index < -0.39 is 17.1 Å². The Bertz CT molecular complexity index is 881. The number of nitrogens with one attached hydrogen (secondary N) is 2. The van der Waals surface area contributed by atoms with Crippen molar-refractivity contribution in [1.29, 1.82) is 0 Å². The van der Waals surface area contributed by atoms with Gasteiger partial charge in [0.1, 0.15) is 5.25 Å². The smallest absolute Gasteiger partial charge is 0.319 e. The van der Waals surface area contributed by atoms with Crippen LogP contribution < -0.4 is 10.6 Å². The van der Waals surface area contributed by atoms with Gasteiger partial charge < -0.3 is 15.4 Å². The zero-order valence-corrected chi connectivity index (χ0v) is 19.3. The van der Waals surface area contributed by atoms with Gasteiger partial charge in [0.2, 0.25) is 5.91 Å². The van der Waals surface area contributed by atoms with Gasteiger partial charge in [-0.15, -0.1) is 11.8 Å². The maximum Gasteiger partial charge on any atom is 0.319 e. The van der Waals surface area contributed by atoms with Crippen LogP contribution in [0.25, 0.3) is 0 Å². The summed E-state index contributed by atoms with van der Waals surface area (Å²) in [4.78, 5) is 36.2. The number of ether oxygens (including phenoxy) is 1. The Balaban J connectivity index is 1.70. The maximum atomic E-state index is 12.1. The maximum absolute atomic E-state index is 12.1. The molecule has 2 unspecified atom stereocenters. The van der Waals surface area contributed by atoms with Crippen molar-refractivity contribution in [1.82, 2.24) is 0 Å². The van der Waals surface area contributed by atoms with Crippen LogP contribution in [0.15, 0.2) is 48.5 Å². The molecule has 2 N–H and O–H groups in total. The summed E-state index contributed by atoms with van der Waals surface area (Å²) >= 11 is 1.16. The van der Waals surface area contributed by atoms with Gasteiger partial charge in [0.15, 0.2) is 6.61 Å². The first kappa shape index (κ1) is 24.5. The number of hydrogen-bond acceptors (Lipinski definition) is 5. The van der Waals surface area contributed by atoms with Crippen LogP contribution in [-0.4, -0.2) is 35.4 Å². The topological polar surface area (TPSA) is 84.5 Å². The van der Waals surface area contributed by atoms with Gasteiger partial charge in [-0.1, -0.05) is 43.7 Å². The molecule has 0 aliphatic rings. The van der Waals surface area contributed by atoms with Crippen LogP contribution >= 0.6 is 11.8 Å². The Kier molecular flexibility index (Phi) is 9.59. The van der Waals surface area contributed by atoms with E-state index in [-0.39, 0.29) is 18.3 Å². The normalized spacial score (nSPS) is 12.5. The van der Waals surface area contributed by atoms with Crippen molar-refractivity contribution in [2.75, 3.05) is 23.0 Å². The van der Waals surface area contributed by atoms with Gasteiger partial charge in [0, 0.05) is 11.4 Å². The van der Waals surface area contributed by atoms with Gasteiger partial charge in [0.25, 0.3) is 5.91 Å². The van der Waals surface area contributed by atoms with Gasteiger partial charge in [0.05, 0.1) is 5.75 Å². The standard InChI is InChI=1S/C24H30N2O4S/c1-5-17(3)19-8-12-21(13-9-19)25-22(27)14-30-24(29)18(4)31-15-23(28)26-20-10-6-16(2)7-11-20/h6-13,17-18H,5,14-15H2,1-4H3,(H,25,27)(H,26,28). The van der Waals surface area contributed by atoms with E-state index in [9.17, 15) is 14.4 Å². The first-order chi connectivity index (χ1) is 14.8. The Morgan fingerprint density at radius 1 is 0.903 bits per heavy atom. The predicted molar refractivity (Wildman–Crippen MR) is 126 cm³/mol. The molecule has 2 atom stereocenters. The number of amides is 2. The van der Waals surface area contributed by atoms with Gasteiger partial charge in [-0.2, -0.15) is 0 Å². The van der Waals surface area contributed by atoms with Gasteiger partial charge in [-0.3, -0.25) is 14.4 Å². The average Bonchev–Trinajstić information content (AvgIpc) is 2.77. The van der Waals surface area contributed by atoms with E-state index in [4.69, 9.17) is 4.74 Å². The molecule has 6 nitrogen and oxygen atoms in total. The summed E-state index contributed by atoms with van der Waals surface area (Å²) in [6.45, 7) is 7.53. The zero-order chi connectivity index (χ0) is 22.8. The molecule has 0 aliphatic carbocycles. The molecule has 31 heavy (non-hydrogen) atoms. The molecule has 0 fully saturated rings. The Morgan fingerprint density at radius 3 is 2.03 bits per heavy atom. The summed E-state index contributed by atoms with van der Waals surface area (Å²) in [6.07, 6.45) is 1.05. The molecular formula is C24H30N2O4S. The minimum atomic E-state index is -0.564. The Hall–Kier alpha value is -2.80. The molecule has 0 aliphatic heterocycles. The highest BCUT2D eigenvalue weighted by atomic mass is 32.2. The van der Waals surface area contributed by atoms with E-state index in [1.54, 1.807) is 6.92 Å². The van der Waals surface area contributed by atoms with Crippen molar-refractivity contribution >= 4 is 40.9 Å². The fourth-order valence-electron chi connectivity index (χ4n) is 2.68. The molecule has 0 saturated carbocycles. The van der Waals surface area contributed by atoms with E-state index in [1.807, 2.05) is 55.5 Å². The van der Waals surface area contributed by atoms with Gasteiger partial charge in [-0.05, 0) is 56.0 Å². The van der Waals surface area contributed by atoms with Crippen molar-refractivity contribution in [2.45, 2.75) is 45.3 Å². The van der Waals surface area contributed by atoms with Crippen LogP contribution in [0.4, 0.5) is 11.4 Å². The van der Waals surface area contributed by atoms with Crippen molar-refractivity contribution in [3.05, 3.63) is 59.7 Å². The molecule has 7 heteroatoms. The van der Waals surface area contributed by atoms with Crippen LogP contribution in [0, 0.1) is 6.92 Å². The second kappa shape index (κ2) is 12.2. The number of benzene rings is 2. The summed E-state index contributed by atoms with van der Waals surface area (Å²) in [5.74, 6) is -0.566. The molecule has 0 heterocycles. The number of hydrogen-bond donors (Lipinski definition) is 2. The largest absolute Gasteiger partial charge is 0.455 e. The Morgan fingerprint density at radius 2 is 1.45 bits per heavy atom. The lowest BCUT2D eigenvalue weighted by molar-refractivity contribution is -0.146. The molecule has 2 aromatic carbocycles. The van der Waals surface area contributed by atoms with E-state index in [0.29, 0.717) is 17.3 Å². The average molecular weight is 443 g/mol. The van der Waals surface area contributed by atoms with E-state index in [2.05, 4.69) is 24.5 Å². The first-order valence-electron chi connectivity index (χ1n) is 10.3. The summed E-state index contributed by atoms with van der Waals surface area (Å²) in [6, 6.07) is 15.1. The molecule has 2 aromatic rings. The molecule has 166 valence electrons. The number of carbonyl (C=O) groups is 3. The minimum Gasteiger partial charge on any atom is -0.455 e. The molecule has 2 rings (SSSR count). The van der Waals surface area contributed by atoms with Crippen LogP contribution in [-0.2, 0) is 19.1 Å². The van der Waals surface area contributed by atoms with E-state index in [0.717, 1.165) is 23.7 Å². The fraction of sp³-hybridized carbons (Fsp3) is 0.375.